The van der Waals surface area contributed by atoms with Crippen molar-refractivity contribution in [1.82, 2.24) is 15.2 Å². The standard InChI is InChI=1S/C23H19ClFN3O2S2/c24-17-5-1-15(2-6-17)9-10-26-20(29)12-28-22(30)14-32-23(28)11-21-27-19(13-31-21)16-3-7-18(25)8-4-16/h1-8,11,13H,9-10,12,14H2,(H,26,29). The van der Waals surface area contributed by atoms with E-state index in [1.165, 1.54) is 40.1 Å². The van der Waals surface area contributed by atoms with Crippen molar-refractivity contribution in [2.24, 2.45) is 0 Å². The van der Waals surface area contributed by atoms with Gasteiger partial charge in [-0.05, 0) is 48.4 Å². The topological polar surface area (TPSA) is 62.3 Å². The van der Waals surface area contributed by atoms with E-state index in [4.69, 9.17) is 11.6 Å². The first-order valence-corrected chi connectivity index (χ1v) is 12.1. The molecule has 9 heteroatoms. The molecule has 0 aliphatic carbocycles. The van der Waals surface area contributed by atoms with E-state index in [1.54, 1.807) is 12.1 Å². The van der Waals surface area contributed by atoms with Crippen LogP contribution < -0.4 is 5.32 Å². The third-order valence-corrected chi connectivity index (χ3v) is 6.84. The van der Waals surface area contributed by atoms with Crippen molar-refractivity contribution in [2.75, 3.05) is 18.8 Å². The van der Waals surface area contributed by atoms with Gasteiger partial charge in [-0.3, -0.25) is 14.5 Å². The lowest BCUT2D eigenvalue weighted by molar-refractivity contribution is -0.131. The Balaban J connectivity index is 1.36. The lowest BCUT2D eigenvalue weighted by Crippen LogP contribution is -2.38. The minimum atomic E-state index is -0.297. The summed E-state index contributed by atoms with van der Waals surface area (Å²) in [5.74, 6) is -0.328. The van der Waals surface area contributed by atoms with E-state index in [1.807, 2.05) is 35.7 Å². The van der Waals surface area contributed by atoms with E-state index in [9.17, 15) is 14.0 Å². The number of nitrogens with one attached hydrogen (secondary N) is 1. The highest BCUT2D eigenvalue weighted by molar-refractivity contribution is 8.04. The van der Waals surface area contributed by atoms with Crippen molar-refractivity contribution in [3.8, 4) is 11.3 Å². The fourth-order valence-corrected chi connectivity index (χ4v) is 5.01. The highest BCUT2D eigenvalue weighted by Gasteiger charge is 2.28. The molecule has 0 radical (unpaired) electrons. The van der Waals surface area contributed by atoms with Gasteiger partial charge in [0.25, 0.3) is 0 Å². The van der Waals surface area contributed by atoms with Gasteiger partial charge in [0.2, 0.25) is 11.8 Å². The Kier molecular flexibility index (Phi) is 7.24. The summed E-state index contributed by atoms with van der Waals surface area (Å²) in [7, 11) is 0. The number of carbonyl (C=O) groups excluding carboxylic acids is 2. The molecule has 0 bridgehead atoms. The second kappa shape index (κ2) is 10.3. The summed E-state index contributed by atoms with van der Waals surface area (Å²) in [5.41, 5.74) is 2.63. The second-order valence-electron chi connectivity index (χ2n) is 7.06. The maximum Gasteiger partial charge on any atom is 0.240 e. The molecule has 1 fully saturated rings. The van der Waals surface area contributed by atoms with Crippen LogP contribution in [-0.4, -0.2) is 40.5 Å². The fourth-order valence-electron chi connectivity index (χ4n) is 3.11. The molecule has 2 aromatic carbocycles. The van der Waals surface area contributed by atoms with Crippen LogP contribution >= 0.6 is 34.7 Å². The van der Waals surface area contributed by atoms with Crippen molar-refractivity contribution in [3.63, 3.8) is 0 Å². The first kappa shape index (κ1) is 22.5. The zero-order chi connectivity index (χ0) is 22.5. The van der Waals surface area contributed by atoms with Gasteiger partial charge in [-0.15, -0.1) is 11.3 Å². The van der Waals surface area contributed by atoms with Crippen molar-refractivity contribution in [2.45, 2.75) is 6.42 Å². The summed E-state index contributed by atoms with van der Waals surface area (Å²) >= 11 is 8.70. The van der Waals surface area contributed by atoms with Crippen LogP contribution in [0.5, 0.6) is 0 Å². The Bertz CT molecular complexity index is 1150. The number of amides is 2. The van der Waals surface area contributed by atoms with E-state index in [0.29, 0.717) is 28.8 Å². The molecule has 2 heterocycles. The van der Waals surface area contributed by atoms with E-state index in [2.05, 4.69) is 10.3 Å². The maximum absolute atomic E-state index is 13.1. The summed E-state index contributed by atoms with van der Waals surface area (Å²) in [6, 6.07) is 13.6. The Morgan fingerprint density at radius 1 is 1.19 bits per heavy atom. The molecule has 1 aliphatic heterocycles. The first-order valence-electron chi connectivity index (χ1n) is 9.85. The lowest BCUT2D eigenvalue weighted by atomic mass is 10.1. The lowest BCUT2D eigenvalue weighted by Gasteiger charge is -2.16. The molecule has 164 valence electrons. The molecule has 4 rings (SSSR count). The summed E-state index contributed by atoms with van der Waals surface area (Å²) in [4.78, 5) is 30.8. The number of thiazole rings is 1. The largest absolute Gasteiger partial charge is 0.354 e. The molecule has 1 saturated heterocycles. The van der Waals surface area contributed by atoms with E-state index >= 15 is 0 Å². The number of hydrogen-bond donors (Lipinski definition) is 1. The van der Waals surface area contributed by atoms with Gasteiger partial charge in [-0.25, -0.2) is 9.37 Å². The molecule has 1 N–H and O–H groups in total. The summed E-state index contributed by atoms with van der Waals surface area (Å²) < 4.78 is 13.1. The molecule has 1 aliphatic rings. The second-order valence-corrected chi connectivity index (χ2v) is 9.38. The highest BCUT2D eigenvalue weighted by Crippen LogP contribution is 2.32. The normalized spacial score (nSPS) is 14.9. The molecule has 0 saturated carbocycles. The molecule has 0 atom stereocenters. The van der Waals surface area contributed by atoms with Crippen LogP contribution in [0, 0.1) is 5.82 Å². The smallest absolute Gasteiger partial charge is 0.240 e. The highest BCUT2D eigenvalue weighted by atomic mass is 35.5. The Labute approximate surface area is 198 Å². The zero-order valence-corrected chi connectivity index (χ0v) is 19.3. The Morgan fingerprint density at radius 2 is 1.94 bits per heavy atom. The third-order valence-electron chi connectivity index (χ3n) is 4.77. The molecule has 0 spiro atoms. The van der Waals surface area contributed by atoms with E-state index < -0.39 is 0 Å². The van der Waals surface area contributed by atoms with Crippen molar-refractivity contribution in [3.05, 3.63) is 80.4 Å². The monoisotopic (exact) mass is 487 g/mol. The average molecular weight is 488 g/mol. The first-order chi connectivity index (χ1) is 15.5. The number of thioether (sulfide) groups is 1. The van der Waals surface area contributed by atoms with Gasteiger partial charge >= 0.3 is 0 Å². The summed E-state index contributed by atoms with van der Waals surface area (Å²) in [6.07, 6.45) is 2.49. The molecule has 0 unspecified atom stereocenters. The van der Waals surface area contributed by atoms with Crippen LogP contribution in [0.15, 0.2) is 58.9 Å². The van der Waals surface area contributed by atoms with Gasteiger partial charge in [0.05, 0.1) is 16.5 Å². The van der Waals surface area contributed by atoms with Gasteiger partial charge < -0.3 is 5.32 Å². The SMILES string of the molecule is O=C(CN1C(=O)CSC1=Cc1nc(-c2ccc(F)cc2)cs1)NCCc1ccc(Cl)cc1. The number of rotatable bonds is 7. The van der Waals surface area contributed by atoms with Crippen LogP contribution in [0.4, 0.5) is 4.39 Å². The van der Waals surface area contributed by atoms with Gasteiger partial charge in [0.1, 0.15) is 17.4 Å². The van der Waals surface area contributed by atoms with Crippen molar-refractivity contribution >= 4 is 52.6 Å². The molecular formula is C23H19ClFN3O2S2. The quantitative estimate of drug-likeness (QED) is 0.518. The third kappa shape index (κ3) is 5.76. The van der Waals surface area contributed by atoms with Gasteiger partial charge in [-0.2, -0.15) is 0 Å². The minimum Gasteiger partial charge on any atom is -0.354 e. The molecule has 1 aromatic heterocycles. The fraction of sp³-hybridized carbons (Fsp3) is 0.174. The summed E-state index contributed by atoms with van der Waals surface area (Å²) in [6.45, 7) is 0.441. The number of aromatic nitrogens is 1. The van der Waals surface area contributed by atoms with E-state index in [0.717, 1.165) is 21.8 Å². The molecule has 2 amide bonds. The molecule has 3 aromatic rings. The minimum absolute atomic E-state index is 0.0333. The summed E-state index contributed by atoms with van der Waals surface area (Å²) in [5, 5.41) is 6.83. The molecule has 5 nitrogen and oxygen atoms in total. The number of halogens is 2. The van der Waals surface area contributed by atoms with Crippen LogP contribution in [-0.2, 0) is 16.0 Å². The van der Waals surface area contributed by atoms with Crippen molar-refractivity contribution in [1.29, 1.82) is 0 Å². The molecular weight excluding hydrogens is 469 g/mol. The van der Waals surface area contributed by atoms with Gasteiger partial charge in [0.15, 0.2) is 0 Å². The number of hydrogen-bond acceptors (Lipinski definition) is 5. The van der Waals surface area contributed by atoms with Crippen LogP contribution in [0.3, 0.4) is 0 Å². The zero-order valence-electron chi connectivity index (χ0n) is 16.9. The maximum atomic E-state index is 13.1. The number of benzene rings is 2. The Hall–Kier alpha value is -2.68. The van der Waals surface area contributed by atoms with Crippen molar-refractivity contribution < 1.29 is 14.0 Å². The van der Waals surface area contributed by atoms with Crippen LogP contribution in [0.2, 0.25) is 5.02 Å². The van der Waals surface area contributed by atoms with Crippen LogP contribution in [0.1, 0.15) is 10.6 Å². The average Bonchev–Trinajstić information content (AvgIpc) is 3.38. The predicted octanol–water partition coefficient (Wildman–Crippen LogP) is 4.84. The number of nitrogens with zero attached hydrogens (tertiary/aromatic N) is 2. The predicted molar refractivity (Wildman–Crippen MR) is 128 cm³/mol. The van der Waals surface area contributed by atoms with E-state index in [-0.39, 0.29) is 24.2 Å². The van der Waals surface area contributed by atoms with Crippen LogP contribution in [0.25, 0.3) is 17.3 Å². The van der Waals surface area contributed by atoms with Gasteiger partial charge in [0, 0.05) is 28.6 Å². The van der Waals surface area contributed by atoms with Gasteiger partial charge in [-0.1, -0.05) is 35.5 Å². The molecule has 32 heavy (non-hydrogen) atoms. The Morgan fingerprint density at radius 3 is 2.69 bits per heavy atom. The number of carbonyl (C=O) groups is 2.